The van der Waals surface area contributed by atoms with E-state index in [1.807, 2.05) is 17.8 Å². The van der Waals surface area contributed by atoms with Crippen LogP contribution in [0, 0.1) is 5.41 Å². The van der Waals surface area contributed by atoms with Gasteiger partial charge >= 0.3 is 29.6 Å². The molecule has 2 aliphatic carbocycles. The molecule has 226 valence electrons. The number of carbonyl (C=O) groups excluding carboxylic acids is 1. The van der Waals surface area contributed by atoms with E-state index in [1.54, 1.807) is 0 Å². The molecular weight excluding hydrogens is 640 g/mol. The smallest absolute Gasteiger partial charge is 0.550 e. The number of carboxylic acids is 1. The molecule has 44 heavy (non-hydrogen) atoms. The van der Waals surface area contributed by atoms with Gasteiger partial charge in [-0.05, 0) is 90.0 Å². The predicted molar refractivity (Wildman–Crippen MR) is 178 cm³/mol. The van der Waals surface area contributed by atoms with Crippen molar-refractivity contribution < 1.29 is 44.6 Å². The average molecular weight is 677 g/mol. The van der Waals surface area contributed by atoms with E-state index >= 15 is 0 Å². The van der Waals surface area contributed by atoms with E-state index in [4.69, 9.17) is 28.2 Å². The van der Waals surface area contributed by atoms with Gasteiger partial charge in [-0.25, -0.2) is 4.98 Å². The van der Waals surface area contributed by atoms with E-state index in [1.165, 1.54) is 33.6 Å². The molecule has 0 aliphatic heterocycles. The summed E-state index contributed by atoms with van der Waals surface area (Å²) in [4.78, 5) is 16.3. The summed E-state index contributed by atoms with van der Waals surface area (Å²) in [5, 5.41) is 22.3. The van der Waals surface area contributed by atoms with Crippen LogP contribution in [0.2, 0.25) is 9.36 Å². The molecule has 2 aliphatic rings. The van der Waals surface area contributed by atoms with Crippen molar-refractivity contribution in [3.05, 3.63) is 98.0 Å². The first-order valence-corrected chi connectivity index (χ1v) is 17.6. The van der Waals surface area contributed by atoms with Crippen LogP contribution in [0.1, 0.15) is 91.0 Å². The van der Waals surface area contributed by atoms with Crippen molar-refractivity contribution in [3.63, 3.8) is 0 Å². The molecule has 4 aromatic rings. The molecule has 2 saturated carbocycles. The predicted octanol–water partition coefficient (Wildman–Crippen LogP) is 5.48. The number of halogens is 2. The molecule has 0 saturated heterocycles. The molecule has 6 rings (SSSR count). The molecule has 2 fully saturated rings. The van der Waals surface area contributed by atoms with Gasteiger partial charge in [0.2, 0.25) is 0 Å². The fraction of sp³-hybridized carbons (Fsp3) is 0.429. The summed E-state index contributed by atoms with van der Waals surface area (Å²) in [5.74, 6) is 0.627. The van der Waals surface area contributed by atoms with Crippen molar-refractivity contribution >= 4 is 62.5 Å². The third-order valence-electron chi connectivity index (χ3n) is 9.23. The van der Waals surface area contributed by atoms with E-state index in [9.17, 15) is 15.0 Å². The summed E-state index contributed by atoms with van der Waals surface area (Å²) in [7, 11) is 0. The summed E-state index contributed by atoms with van der Waals surface area (Å²) in [6.45, 7) is 4.25. The maximum Gasteiger partial charge on any atom is 1.00 e. The SMILES string of the molecule is CC(C)(CO)c1ccccc1CC[C@@H](SCC1(CC(=O)[O-])CC1)c1cccc(C2CC2c2ccc3sc(Cl)c(Cl)c3n2)c1.[Na+]. The zero-order valence-corrected chi connectivity index (χ0v) is 30.6. The minimum Gasteiger partial charge on any atom is -0.550 e. The minimum absolute atomic E-state index is 0. The Morgan fingerprint density at radius 2 is 1.91 bits per heavy atom. The Balaban J connectivity index is 0.00000384. The van der Waals surface area contributed by atoms with Crippen LogP contribution in [-0.2, 0) is 16.6 Å². The summed E-state index contributed by atoms with van der Waals surface area (Å²) in [5.41, 5.74) is 6.45. The van der Waals surface area contributed by atoms with Gasteiger partial charge in [0.25, 0.3) is 0 Å². The van der Waals surface area contributed by atoms with Crippen LogP contribution >= 0.6 is 46.3 Å². The Labute approximate surface area is 300 Å². The number of aliphatic hydroxyl groups excluding tert-OH is 1. The molecule has 3 atom stereocenters. The molecule has 4 nitrogen and oxygen atoms in total. The van der Waals surface area contributed by atoms with Crippen molar-refractivity contribution in [1.82, 2.24) is 4.98 Å². The van der Waals surface area contributed by atoms with Gasteiger partial charge in [-0.1, -0.05) is 85.6 Å². The topological polar surface area (TPSA) is 73.2 Å². The van der Waals surface area contributed by atoms with Crippen molar-refractivity contribution in [2.75, 3.05) is 12.4 Å². The second kappa shape index (κ2) is 13.9. The fourth-order valence-corrected chi connectivity index (χ4v) is 9.25. The van der Waals surface area contributed by atoms with Gasteiger partial charge in [-0.2, -0.15) is 11.8 Å². The number of aliphatic hydroxyl groups is 1. The zero-order valence-electron chi connectivity index (χ0n) is 25.4. The summed E-state index contributed by atoms with van der Waals surface area (Å²) in [6, 6.07) is 21.6. The molecule has 0 bridgehead atoms. The molecule has 2 unspecified atom stereocenters. The van der Waals surface area contributed by atoms with Crippen LogP contribution in [-0.4, -0.2) is 28.4 Å². The van der Waals surface area contributed by atoms with E-state index in [2.05, 4.69) is 68.4 Å². The molecular formula is C35H36Cl2NNaO3S2. The van der Waals surface area contributed by atoms with Gasteiger partial charge in [0, 0.05) is 28.2 Å². The van der Waals surface area contributed by atoms with Crippen LogP contribution in [0.3, 0.4) is 0 Å². The van der Waals surface area contributed by atoms with Crippen molar-refractivity contribution in [1.29, 1.82) is 0 Å². The van der Waals surface area contributed by atoms with E-state index in [-0.39, 0.29) is 58.7 Å². The quantitative estimate of drug-likeness (QED) is 0.190. The molecule has 0 radical (unpaired) electrons. The molecule has 9 heteroatoms. The number of fused-ring (bicyclic) bond motifs is 1. The molecule has 2 heterocycles. The number of benzene rings is 2. The summed E-state index contributed by atoms with van der Waals surface area (Å²) >= 11 is 16.0. The van der Waals surface area contributed by atoms with Crippen molar-refractivity contribution in [2.24, 2.45) is 5.41 Å². The molecule has 0 amide bonds. The first-order valence-electron chi connectivity index (χ1n) is 14.9. The van der Waals surface area contributed by atoms with Crippen LogP contribution in [0.4, 0.5) is 0 Å². The van der Waals surface area contributed by atoms with Gasteiger partial charge in [-0.3, -0.25) is 0 Å². The largest absolute Gasteiger partial charge is 1.00 e. The Bertz CT molecular complexity index is 1650. The third-order valence-corrected chi connectivity index (χ3v) is 12.8. The van der Waals surface area contributed by atoms with Gasteiger partial charge in [0.15, 0.2) is 0 Å². The Hall–Kier alpha value is -1.09. The summed E-state index contributed by atoms with van der Waals surface area (Å²) < 4.78 is 1.59. The van der Waals surface area contributed by atoms with E-state index < -0.39 is 5.97 Å². The maximum atomic E-state index is 11.4. The molecule has 2 aromatic carbocycles. The van der Waals surface area contributed by atoms with Gasteiger partial charge < -0.3 is 15.0 Å². The Morgan fingerprint density at radius 3 is 2.64 bits per heavy atom. The van der Waals surface area contributed by atoms with Crippen LogP contribution in [0.5, 0.6) is 0 Å². The number of hydrogen-bond acceptors (Lipinski definition) is 6. The van der Waals surface area contributed by atoms with Gasteiger partial charge in [-0.15, -0.1) is 11.3 Å². The van der Waals surface area contributed by atoms with Crippen LogP contribution < -0.4 is 34.7 Å². The van der Waals surface area contributed by atoms with Crippen LogP contribution in [0.15, 0.2) is 60.7 Å². The maximum absolute atomic E-state index is 11.4. The number of pyridine rings is 1. The number of hydrogen-bond donors (Lipinski definition) is 1. The number of aliphatic carboxylic acids is 1. The number of carboxylic acid groups (broad SMARTS) is 1. The van der Waals surface area contributed by atoms with Gasteiger partial charge in [0.1, 0.15) is 9.85 Å². The Morgan fingerprint density at radius 1 is 1.14 bits per heavy atom. The van der Waals surface area contributed by atoms with E-state index in [0.717, 1.165) is 53.8 Å². The first kappa shape index (κ1) is 34.3. The van der Waals surface area contributed by atoms with Crippen molar-refractivity contribution in [2.45, 2.75) is 74.9 Å². The number of rotatable bonds is 13. The third kappa shape index (κ3) is 7.55. The molecule has 1 N–H and O–H groups in total. The summed E-state index contributed by atoms with van der Waals surface area (Å²) in [6.07, 6.45) is 4.91. The number of aromatic nitrogens is 1. The fourth-order valence-electron chi connectivity index (χ4n) is 6.27. The second-order valence-electron chi connectivity index (χ2n) is 13.0. The number of nitrogens with zero attached hydrogens (tertiary/aromatic N) is 1. The number of aryl methyl sites for hydroxylation is 1. The monoisotopic (exact) mass is 675 g/mol. The number of thioether (sulfide) groups is 1. The van der Waals surface area contributed by atoms with E-state index in [0.29, 0.717) is 21.2 Å². The minimum atomic E-state index is -0.950. The standard InChI is InChI=1S/C35H37Cl2NO3S2.Na/c1-34(2,19-39)26-9-4-3-6-21(26)10-12-28(42-20-35(14-15-35)18-30(40)41)23-8-5-7-22(16-23)24-17-25(24)27-11-13-29-32(38-27)31(36)33(37)43-29;/h3-9,11,13,16,24-25,28,39H,10,12,14-15,17-20H2,1-2H3,(H,40,41);/q;+1/p-1/t24?,25?,28-;/m1./s1. The molecule has 2 aromatic heterocycles. The molecule has 0 spiro atoms. The van der Waals surface area contributed by atoms with Gasteiger partial charge in [0.05, 0.1) is 16.3 Å². The normalized spacial score (nSPS) is 19.4. The average Bonchev–Trinajstić information content (AvgIpc) is 3.92. The van der Waals surface area contributed by atoms with Crippen molar-refractivity contribution in [3.8, 4) is 0 Å². The zero-order chi connectivity index (χ0) is 30.4. The number of carbonyl (C=O) groups is 1. The van der Waals surface area contributed by atoms with Crippen LogP contribution in [0.25, 0.3) is 10.2 Å². The number of thiophene rings is 1. The second-order valence-corrected chi connectivity index (χ2v) is 16.2. The first-order chi connectivity index (χ1) is 20.6. The Kier molecular flexibility index (Phi) is 10.9.